The molecule has 0 spiro atoms. The predicted octanol–water partition coefficient (Wildman–Crippen LogP) is 4.53. The van der Waals surface area contributed by atoms with Crippen LogP contribution in [0.3, 0.4) is 0 Å². The molecule has 2 nitrogen and oxygen atoms in total. The van der Waals surface area contributed by atoms with Crippen LogP contribution >= 0.6 is 23.2 Å². The second-order valence-electron chi connectivity index (χ2n) is 5.77. The van der Waals surface area contributed by atoms with E-state index < -0.39 is 0 Å². The van der Waals surface area contributed by atoms with Crippen molar-refractivity contribution in [3.05, 3.63) is 28.2 Å². The van der Waals surface area contributed by atoms with E-state index in [4.69, 9.17) is 23.2 Å². The lowest BCUT2D eigenvalue weighted by Crippen LogP contribution is -2.40. The Labute approximate surface area is 126 Å². The van der Waals surface area contributed by atoms with Crippen LogP contribution in [0.2, 0.25) is 10.0 Å². The van der Waals surface area contributed by atoms with Gasteiger partial charge < -0.3 is 10.2 Å². The molecule has 1 aromatic rings. The van der Waals surface area contributed by atoms with E-state index in [2.05, 4.69) is 24.1 Å². The van der Waals surface area contributed by atoms with E-state index in [0.717, 1.165) is 11.6 Å². The maximum Gasteiger partial charge on any atom is 0.0441 e. The summed E-state index contributed by atoms with van der Waals surface area (Å²) in [4.78, 5) is 2.55. The molecule has 0 aliphatic carbocycles. The standard InChI is InChI=1S/C15H22Cl2N2/c1-11(2)10-19-5-3-14(4-6-19)18-15-8-12(16)7-13(17)9-15/h7-9,11,14,18H,3-6,10H2,1-2H3. The van der Waals surface area contributed by atoms with Crippen molar-refractivity contribution in [2.45, 2.75) is 32.7 Å². The molecule has 1 aliphatic heterocycles. The minimum absolute atomic E-state index is 0.526. The topological polar surface area (TPSA) is 15.3 Å². The highest BCUT2D eigenvalue weighted by Gasteiger charge is 2.19. The molecule has 106 valence electrons. The molecule has 2 rings (SSSR count). The predicted molar refractivity (Wildman–Crippen MR) is 84.4 cm³/mol. The summed E-state index contributed by atoms with van der Waals surface area (Å²) in [6.45, 7) is 8.10. The van der Waals surface area contributed by atoms with Crippen molar-refractivity contribution in [1.82, 2.24) is 4.90 Å². The Balaban J connectivity index is 1.85. The van der Waals surface area contributed by atoms with Gasteiger partial charge in [0.15, 0.2) is 0 Å². The molecule has 0 saturated carbocycles. The van der Waals surface area contributed by atoms with Gasteiger partial charge in [-0.15, -0.1) is 0 Å². The summed E-state index contributed by atoms with van der Waals surface area (Å²) in [7, 11) is 0. The summed E-state index contributed by atoms with van der Waals surface area (Å²) < 4.78 is 0. The van der Waals surface area contributed by atoms with Crippen molar-refractivity contribution >= 4 is 28.9 Å². The first-order valence-corrected chi connectivity index (χ1v) is 7.73. The third-order valence-electron chi connectivity index (χ3n) is 3.44. The van der Waals surface area contributed by atoms with E-state index in [0.29, 0.717) is 16.1 Å². The van der Waals surface area contributed by atoms with Crippen molar-refractivity contribution in [3.8, 4) is 0 Å². The van der Waals surface area contributed by atoms with Crippen LogP contribution in [0.1, 0.15) is 26.7 Å². The number of halogens is 2. The Bertz CT molecular complexity index is 392. The molecular weight excluding hydrogens is 279 g/mol. The van der Waals surface area contributed by atoms with Crippen LogP contribution in [0.15, 0.2) is 18.2 Å². The molecule has 0 radical (unpaired) electrons. The van der Waals surface area contributed by atoms with E-state index in [1.54, 1.807) is 6.07 Å². The summed E-state index contributed by atoms with van der Waals surface area (Å²) in [5, 5.41) is 4.92. The van der Waals surface area contributed by atoms with E-state index >= 15 is 0 Å². The molecular formula is C15H22Cl2N2. The lowest BCUT2D eigenvalue weighted by molar-refractivity contribution is 0.198. The lowest BCUT2D eigenvalue weighted by Gasteiger charge is -2.33. The second-order valence-corrected chi connectivity index (χ2v) is 6.64. The van der Waals surface area contributed by atoms with Crippen molar-refractivity contribution in [3.63, 3.8) is 0 Å². The normalized spacial score (nSPS) is 17.9. The Morgan fingerprint density at radius 2 is 1.74 bits per heavy atom. The number of anilines is 1. The van der Waals surface area contributed by atoms with E-state index in [9.17, 15) is 0 Å². The van der Waals surface area contributed by atoms with Crippen molar-refractivity contribution in [1.29, 1.82) is 0 Å². The van der Waals surface area contributed by atoms with E-state index in [1.165, 1.54) is 32.5 Å². The number of benzene rings is 1. The molecule has 1 heterocycles. The zero-order chi connectivity index (χ0) is 13.8. The molecule has 0 amide bonds. The first-order valence-electron chi connectivity index (χ1n) is 6.98. The monoisotopic (exact) mass is 300 g/mol. The van der Waals surface area contributed by atoms with Gasteiger partial charge in [0.2, 0.25) is 0 Å². The number of hydrogen-bond acceptors (Lipinski definition) is 2. The van der Waals surface area contributed by atoms with Gasteiger partial charge in [-0.25, -0.2) is 0 Å². The van der Waals surface area contributed by atoms with Gasteiger partial charge >= 0.3 is 0 Å². The van der Waals surface area contributed by atoms with Crippen LogP contribution in [-0.4, -0.2) is 30.6 Å². The van der Waals surface area contributed by atoms with Crippen molar-refractivity contribution in [2.75, 3.05) is 25.0 Å². The summed E-state index contributed by atoms with van der Waals surface area (Å²) in [6.07, 6.45) is 2.35. The van der Waals surface area contributed by atoms with Crippen LogP contribution in [-0.2, 0) is 0 Å². The van der Waals surface area contributed by atoms with Crippen LogP contribution in [0.4, 0.5) is 5.69 Å². The highest BCUT2D eigenvalue weighted by Crippen LogP contribution is 2.24. The second kappa shape index (κ2) is 6.83. The zero-order valence-corrected chi connectivity index (χ0v) is 13.1. The molecule has 1 saturated heterocycles. The third-order valence-corrected chi connectivity index (χ3v) is 3.88. The van der Waals surface area contributed by atoms with Crippen LogP contribution in [0.5, 0.6) is 0 Å². The number of nitrogens with one attached hydrogen (secondary N) is 1. The van der Waals surface area contributed by atoms with Gasteiger partial charge in [0.05, 0.1) is 0 Å². The Morgan fingerprint density at radius 3 is 2.26 bits per heavy atom. The van der Waals surface area contributed by atoms with Gasteiger partial charge in [0.1, 0.15) is 0 Å². The van der Waals surface area contributed by atoms with Gasteiger partial charge in [-0.05, 0) is 37.0 Å². The van der Waals surface area contributed by atoms with Crippen LogP contribution < -0.4 is 5.32 Å². The van der Waals surface area contributed by atoms with E-state index in [-0.39, 0.29) is 0 Å². The summed E-state index contributed by atoms with van der Waals surface area (Å²) in [5.74, 6) is 0.747. The largest absolute Gasteiger partial charge is 0.382 e. The molecule has 0 bridgehead atoms. The molecule has 1 fully saturated rings. The van der Waals surface area contributed by atoms with Crippen LogP contribution in [0.25, 0.3) is 0 Å². The summed E-state index contributed by atoms with van der Waals surface area (Å²) in [5.41, 5.74) is 1.03. The van der Waals surface area contributed by atoms with E-state index in [1.807, 2.05) is 12.1 Å². The first kappa shape index (κ1) is 15.0. The Hall–Kier alpha value is -0.440. The quantitative estimate of drug-likeness (QED) is 0.879. The molecule has 0 atom stereocenters. The highest BCUT2D eigenvalue weighted by atomic mass is 35.5. The van der Waals surface area contributed by atoms with Crippen molar-refractivity contribution < 1.29 is 0 Å². The van der Waals surface area contributed by atoms with Gasteiger partial charge in [-0.2, -0.15) is 0 Å². The summed E-state index contributed by atoms with van der Waals surface area (Å²) in [6, 6.07) is 6.17. The fourth-order valence-electron chi connectivity index (χ4n) is 2.65. The number of piperidine rings is 1. The zero-order valence-electron chi connectivity index (χ0n) is 11.6. The lowest BCUT2D eigenvalue weighted by atomic mass is 10.0. The first-order chi connectivity index (χ1) is 9.02. The smallest absolute Gasteiger partial charge is 0.0441 e. The molecule has 1 aromatic carbocycles. The minimum Gasteiger partial charge on any atom is -0.382 e. The average Bonchev–Trinajstić information content (AvgIpc) is 2.29. The minimum atomic E-state index is 0.526. The maximum absolute atomic E-state index is 6.02. The van der Waals surface area contributed by atoms with Gasteiger partial charge in [-0.3, -0.25) is 0 Å². The van der Waals surface area contributed by atoms with Gasteiger partial charge in [0.25, 0.3) is 0 Å². The number of nitrogens with zero attached hydrogens (tertiary/aromatic N) is 1. The fraction of sp³-hybridized carbons (Fsp3) is 0.600. The highest BCUT2D eigenvalue weighted by molar-refractivity contribution is 6.35. The number of rotatable bonds is 4. The Morgan fingerprint density at radius 1 is 1.16 bits per heavy atom. The average molecular weight is 301 g/mol. The summed E-state index contributed by atoms with van der Waals surface area (Å²) >= 11 is 12.0. The molecule has 4 heteroatoms. The van der Waals surface area contributed by atoms with Crippen molar-refractivity contribution in [2.24, 2.45) is 5.92 Å². The number of hydrogen-bond donors (Lipinski definition) is 1. The molecule has 19 heavy (non-hydrogen) atoms. The molecule has 1 N–H and O–H groups in total. The molecule has 0 unspecified atom stereocenters. The number of likely N-dealkylation sites (tertiary alicyclic amines) is 1. The SMILES string of the molecule is CC(C)CN1CCC(Nc2cc(Cl)cc(Cl)c2)CC1. The van der Waals surface area contributed by atoms with Gasteiger partial charge in [0, 0.05) is 41.4 Å². The molecule has 1 aliphatic rings. The van der Waals surface area contributed by atoms with Gasteiger partial charge in [-0.1, -0.05) is 37.0 Å². The van der Waals surface area contributed by atoms with Crippen LogP contribution in [0, 0.1) is 5.92 Å². The third kappa shape index (κ3) is 4.87. The maximum atomic E-state index is 6.02. The fourth-order valence-corrected chi connectivity index (χ4v) is 3.18. The molecule has 0 aromatic heterocycles. The Kier molecular flexibility index (Phi) is 5.37.